The number of halogens is 9. The molecule has 0 amide bonds. The Morgan fingerprint density at radius 1 is 0.800 bits per heavy atom. The highest BCUT2D eigenvalue weighted by molar-refractivity contribution is 5.73. The number of rotatable bonds is 3. The molecular weight excluding hydrogens is 641 g/mol. The van der Waals surface area contributed by atoms with E-state index < -0.39 is 36.4 Å². The average molecular weight is 674 g/mol. The molecule has 258 valence electrons. The fraction of sp³-hybridized carbons (Fsp3) is 0.680. The third-order valence-electron chi connectivity index (χ3n) is 6.53. The van der Waals surface area contributed by atoms with Gasteiger partial charge in [0.2, 0.25) is 0 Å². The number of hydrogen-bond donors (Lipinski definition) is 3. The van der Waals surface area contributed by atoms with Gasteiger partial charge in [0.25, 0.3) is 0 Å². The van der Waals surface area contributed by atoms with Gasteiger partial charge in [0.15, 0.2) is 0 Å². The van der Waals surface area contributed by atoms with Crippen molar-refractivity contribution in [2.45, 2.75) is 50.4 Å². The van der Waals surface area contributed by atoms with Crippen molar-refractivity contribution in [3.05, 3.63) is 30.1 Å². The predicted octanol–water partition coefficient (Wildman–Crippen LogP) is 3.68. The molecule has 1 spiro atoms. The van der Waals surface area contributed by atoms with Crippen LogP contribution in [-0.2, 0) is 30.4 Å². The molecule has 4 rings (SSSR count). The minimum atomic E-state index is -5.08. The number of ether oxygens (including phenoxy) is 2. The molecule has 1 aromatic heterocycles. The number of aliphatic carboxylic acids is 3. The van der Waals surface area contributed by atoms with Crippen molar-refractivity contribution in [3.63, 3.8) is 0 Å². The highest BCUT2D eigenvalue weighted by Crippen LogP contribution is 2.36. The number of carboxylic acid groups (broad SMARTS) is 3. The van der Waals surface area contributed by atoms with E-state index in [1.54, 1.807) is 0 Å². The molecule has 3 aliphatic rings. The molecule has 3 saturated heterocycles. The van der Waals surface area contributed by atoms with Gasteiger partial charge in [-0.25, -0.2) is 14.4 Å². The Morgan fingerprint density at radius 2 is 1.31 bits per heavy atom. The second-order valence-electron chi connectivity index (χ2n) is 10.1. The first kappa shape index (κ1) is 39.8. The van der Waals surface area contributed by atoms with Gasteiger partial charge in [-0.15, -0.1) is 0 Å². The van der Waals surface area contributed by atoms with Gasteiger partial charge in [0, 0.05) is 57.0 Å². The lowest BCUT2D eigenvalue weighted by atomic mass is 9.87. The summed E-state index contributed by atoms with van der Waals surface area (Å²) < 4.78 is 107. The fourth-order valence-electron chi connectivity index (χ4n) is 4.52. The Morgan fingerprint density at radius 3 is 1.76 bits per heavy atom. The largest absolute Gasteiger partial charge is 0.490 e. The molecule has 3 aliphatic heterocycles. The third-order valence-corrected chi connectivity index (χ3v) is 6.53. The van der Waals surface area contributed by atoms with Crippen LogP contribution in [0.25, 0.3) is 0 Å². The van der Waals surface area contributed by atoms with E-state index in [4.69, 9.17) is 39.2 Å². The van der Waals surface area contributed by atoms with Gasteiger partial charge in [-0.05, 0) is 37.9 Å². The lowest BCUT2D eigenvalue weighted by molar-refractivity contribution is -0.193. The summed E-state index contributed by atoms with van der Waals surface area (Å²) in [4.78, 5) is 36.4. The van der Waals surface area contributed by atoms with Gasteiger partial charge in [0.1, 0.15) is 0 Å². The van der Waals surface area contributed by atoms with Crippen molar-refractivity contribution in [1.29, 1.82) is 0 Å². The normalized spacial score (nSPS) is 21.6. The Kier molecular flexibility index (Phi) is 15.4. The van der Waals surface area contributed by atoms with Crippen LogP contribution in [0.5, 0.6) is 0 Å². The summed E-state index contributed by atoms with van der Waals surface area (Å²) in [6, 6.07) is 6.90. The Bertz CT molecular complexity index is 1010. The van der Waals surface area contributed by atoms with Crippen LogP contribution in [0.15, 0.2) is 24.4 Å². The molecule has 0 aromatic carbocycles. The minimum absolute atomic E-state index is 0.295. The zero-order chi connectivity index (χ0) is 34.5. The van der Waals surface area contributed by atoms with Gasteiger partial charge in [-0.2, -0.15) is 39.5 Å². The standard InChI is InChI=1S/C19H29N3O2.3C2HF3O2/c1-2-7-20-17(3-1)13-21-9-12-24-16-19(14-21)6-8-22(15-19)18-4-10-23-11-5-18;3*3-2(4,5)1(6)7/h1-3,7,18H,4-6,8-16H2;3*(H,6,7). The number of alkyl halides is 9. The fourth-order valence-corrected chi connectivity index (χ4v) is 4.52. The van der Waals surface area contributed by atoms with E-state index in [0.717, 1.165) is 51.8 Å². The van der Waals surface area contributed by atoms with Crippen LogP contribution in [0, 0.1) is 5.41 Å². The molecule has 1 atom stereocenters. The number of nitrogens with zero attached hydrogens (tertiary/aromatic N) is 3. The topological polar surface area (TPSA) is 150 Å². The summed E-state index contributed by atoms with van der Waals surface area (Å²) in [6.45, 7) is 9.06. The third kappa shape index (κ3) is 15.6. The van der Waals surface area contributed by atoms with E-state index in [9.17, 15) is 39.5 Å². The molecular formula is C25H32F9N3O8. The number of pyridine rings is 1. The number of aromatic nitrogens is 1. The second-order valence-corrected chi connectivity index (χ2v) is 10.1. The van der Waals surface area contributed by atoms with E-state index in [-0.39, 0.29) is 0 Å². The molecule has 20 heteroatoms. The monoisotopic (exact) mass is 673 g/mol. The van der Waals surface area contributed by atoms with Gasteiger partial charge in [-0.1, -0.05) is 6.07 Å². The molecule has 4 heterocycles. The highest BCUT2D eigenvalue weighted by atomic mass is 19.4. The van der Waals surface area contributed by atoms with E-state index in [0.29, 0.717) is 11.5 Å². The first-order valence-electron chi connectivity index (χ1n) is 13.1. The van der Waals surface area contributed by atoms with Crippen LogP contribution in [0.1, 0.15) is 25.0 Å². The number of carboxylic acids is 3. The van der Waals surface area contributed by atoms with Crippen molar-refractivity contribution in [2.75, 3.05) is 52.6 Å². The molecule has 3 fully saturated rings. The molecule has 0 saturated carbocycles. The summed E-state index contributed by atoms with van der Waals surface area (Å²) >= 11 is 0. The van der Waals surface area contributed by atoms with E-state index in [1.807, 2.05) is 12.3 Å². The van der Waals surface area contributed by atoms with Crippen LogP contribution in [0.4, 0.5) is 39.5 Å². The zero-order valence-corrected chi connectivity index (χ0v) is 23.5. The number of carbonyl (C=O) groups is 3. The van der Waals surface area contributed by atoms with Gasteiger partial charge >= 0.3 is 36.4 Å². The number of hydrogen-bond acceptors (Lipinski definition) is 8. The summed E-state index contributed by atoms with van der Waals surface area (Å²) in [7, 11) is 0. The summed E-state index contributed by atoms with van der Waals surface area (Å²) in [5.74, 6) is -8.27. The molecule has 1 aromatic rings. The van der Waals surface area contributed by atoms with Crippen molar-refractivity contribution >= 4 is 17.9 Å². The summed E-state index contributed by atoms with van der Waals surface area (Å²) in [6.07, 6.45) is -9.73. The SMILES string of the molecule is O=C(O)C(F)(F)F.O=C(O)C(F)(F)F.O=C(O)C(F)(F)F.c1ccc(CN2CCOCC3(CCN(C4CCOCC4)C3)C2)nc1. The Labute approximate surface area is 250 Å². The van der Waals surface area contributed by atoms with Crippen LogP contribution in [0.2, 0.25) is 0 Å². The van der Waals surface area contributed by atoms with Crippen LogP contribution in [0.3, 0.4) is 0 Å². The quantitative estimate of drug-likeness (QED) is 0.404. The Hall–Kier alpha value is -3.23. The molecule has 1 unspecified atom stereocenters. The lowest BCUT2D eigenvalue weighted by Crippen LogP contribution is -2.43. The maximum Gasteiger partial charge on any atom is 0.490 e. The zero-order valence-electron chi connectivity index (χ0n) is 23.5. The summed E-state index contributed by atoms with van der Waals surface area (Å²) in [5, 5.41) is 21.4. The minimum Gasteiger partial charge on any atom is -0.475 e. The molecule has 0 bridgehead atoms. The molecule has 45 heavy (non-hydrogen) atoms. The lowest BCUT2D eigenvalue weighted by Gasteiger charge is -2.35. The highest BCUT2D eigenvalue weighted by Gasteiger charge is 2.43. The van der Waals surface area contributed by atoms with Crippen molar-refractivity contribution in [1.82, 2.24) is 14.8 Å². The maximum atomic E-state index is 10.6. The molecule has 3 N–H and O–H groups in total. The molecule has 0 radical (unpaired) electrons. The van der Waals surface area contributed by atoms with Crippen LogP contribution < -0.4 is 0 Å². The van der Waals surface area contributed by atoms with Gasteiger partial charge in [0.05, 0.1) is 18.9 Å². The van der Waals surface area contributed by atoms with E-state index in [2.05, 4.69) is 26.9 Å². The first-order valence-corrected chi connectivity index (χ1v) is 13.1. The first-order chi connectivity index (χ1) is 20.7. The van der Waals surface area contributed by atoms with Gasteiger partial charge < -0.3 is 24.8 Å². The van der Waals surface area contributed by atoms with Crippen LogP contribution in [-0.4, -0.2) is 125 Å². The molecule has 11 nitrogen and oxygen atoms in total. The average Bonchev–Trinajstić information content (AvgIpc) is 3.25. The van der Waals surface area contributed by atoms with Crippen LogP contribution >= 0.6 is 0 Å². The number of likely N-dealkylation sites (tertiary alicyclic amines) is 1. The van der Waals surface area contributed by atoms with Crippen molar-refractivity contribution < 1.29 is 78.7 Å². The predicted molar refractivity (Wildman–Crippen MR) is 134 cm³/mol. The van der Waals surface area contributed by atoms with Crippen molar-refractivity contribution in [3.8, 4) is 0 Å². The van der Waals surface area contributed by atoms with E-state index >= 15 is 0 Å². The smallest absolute Gasteiger partial charge is 0.475 e. The molecule has 0 aliphatic carbocycles. The maximum absolute atomic E-state index is 10.6. The van der Waals surface area contributed by atoms with Crippen molar-refractivity contribution in [2.24, 2.45) is 5.41 Å². The van der Waals surface area contributed by atoms with E-state index in [1.165, 1.54) is 32.4 Å². The van der Waals surface area contributed by atoms with Gasteiger partial charge in [-0.3, -0.25) is 14.8 Å². The Balaban J connectivity index is 0.000000396. The summed E-state index contributed by atoms with van der Waals surface area (Å²) in [5.41, 5.74) is 1.46. The second kappa shape index (κ2) is 17.5.